The molecule has 1 amide bonds. The number of amides is 1. The van der Waals surface area contributed by atoms with Crippen LogP contribution >= 0.6 is 0 Å². The number of aryl methyl sites for hydroxylation is 1. The molecule has 0 saturated heterocycles. The van der Waals surface area contributed by atoms with Gasteiger partial charge in [-0.3, -0.25) is 4.79 Å². The van der Waals surface area contributed by atoms with Gasteiger partial charge in [-0.25, -0.2) is 0 Å². The smallest absolute Gasteiger partial charge is 0.239 e. The van der Waals surface area contributed by atoms with E-state index >= 15 is 0 Å². The number of nitriles is 1. The highest BCUT2D eigenvalue weighted by atomic mass is 16.1. The fourth-order valence-electron chi connectivity index (χ4n) is 1.54. The van der Waals surface area contributed by atoms with E-state index in [0.29, 0.717) is 17.9 Å². The van der Waals surface area contributed by atoms with Crippen LogP contribution in [0.4, 0.5) is 5.82 Å². The van der Waals surface area contributed by atoms with Crippen molar-refractivity contribution >= 4 is 11.7 Å². The van der Waals surface area contributed by atoms with Crippen LogP contribution in [0.15, 0.2) is 0 Å². The van der Waals surface area contributed by atoms with Crippen LogP contribution < -0.4 is 10.2 Å². The molecule has 1 N–H and O–H groups in total. The predicted molar refractivity (Wildman–Crippen MR) is 68.2 cm³/mol. The highest BCUT2D eigenvalue weighted by Crippen LogP contribution is 2.20. The number of nitrogens with one attached hydrogen (secondary N) is 1. The van der Waals surface area contributed by atoms with E-state index in [-0.39, 0.29) is 12.5 Å². The number of hydrogen-bond acceptors (Lipinski definition) is 5. The molecule has 0 atom stereocenters. The van der Waals surface area contributed by atoms with Gasteiger partial charge in [0.2, 0.25) is 5.91 Å². The molecule has 6 heteroatoms. The molecule has 1 aromatic rings. The third-order valence-corrected chi connectivity index (χ3v) is 2.84. The first-order chi connectivity index (χ1) is 8.54. The largest absolute Gasteiger partial charge is 0.358 e. The summed E-state index contributed by atoms with van der Waals surface area (Å²) >= 11 is 0. The fraction of sp³-hybridized carbons (Fsp3) is 0.500. The van der Waals surface area contributed by atoms with Gasteiger partial charge in [0.25, 0.3) is 0 Å². The Balaban J connectivity index is 3.18. The molecule has 0 bridgehead atoms. The van der Waals surface area contributed by atoms with Crippen LogP contribution in [0, 0.1) is 25.2 Å². The van der Waals surface area contributed by atoms with Crippen LogP contribution in [0.2, 0.25) is 0 Å². The zero-order valence-corrected chi connectivity index (χ0v) is 11.1. The van der Waals surface area contributed by atoms with Crippen molar-refractivity contribution in [1.82, 2.24) is 15.5 Å². The fourth-order valence-corrected chi connectivity index (χ4v) is 1.54. The summed E-state index contributed by atoms with van der Waals surface area (Å²) in [6.45, 7) is 6.29. The van der Waals surface area contributed by atoms with E-state index in [4.69, 9.17) is 0 Å². The average Bonchev–Trinajstić information content (AvgIpc) is 2.38. The van der Waals surface area contributed by atoms with Crippen LogP contribution in [0.1, 0.15) is 23.7 Å². The van der Waals surface area contributed by atoms with E-state index in [1.54, 1.807) is 11.9 Å². The van der Waals surface area contributed by atoms with E-state index < -0.39 is 0 Å². The Hall–Kier alpha value is -2.16. The summed E-state index contributed by atoms with van der Waals surface area (Å²) in [5, 5.41) is 19.8. The van der Waals surface area contributed by atoms with E-state index in [1.165, 1.54) is 0 Å². The van der Waals surface area contributed by atoms with Crippen molar-refractivity contribution in [2.24, 2.45) is 0 Å². The van der Waals surface area contributed by atoms with Crippen LogP contribution in [0.25, 0.3) is 0 Å². The molecule has 0 aromatic carbocycles. The second-order valence-electron chi connectivity index (χ2n) is 3.91. The molecular formula is C12H17N5O. The van der Waals surface area contributed by atoms with E-state index in [9.17, 15) is 10.1 Å². The number of carbonyl (C=O) groups excluding carboxylic acids is 1. The van der Waals surface area contributed by atoms with Crippen LogP contribution in [-0.4, -0.2) is 36.2 Å². The molecule has 0 saturated carbocycles. The Morgan fingerprint density at radius 2 is 2.11 bits per heavy atom. The van der Waals surface area contributed by atoms with Gasteiger partial charge in [0.05, 0.1) is 12.2 Å². The SMILES string of the molecule is CCN(CC(=O)NC)c1nnc(C)c(C)c1C#N. The highest BCUT2D eigenvalue weighted by Gasteiger charge is 2.17. The first-order valence-electron chi connectivity index (χ1n) is 5.74. The normalized spacial score (nSPS) is 9.72. The van der Waals surface area contributed by atoms with Gasteiger partial charge < -0.3 is 10.2 Å². The van der Waals surface area contributed by atoms with Gasteiger partial charge >= 0.3 is 0 Å². The Morgan fingerprint density at radius 3 is 2.61 bits per heavy atom. The molecule has 0 radical (unpaired) electrons. The van der Waals surface area contributed by atoms with Gasteiger partial charge in [-0.05, 0) is 26.3 Å². The molecule has 0 aliphatic heterocycles. The summed E-state index contributed by atoms with van der Waals surface area (Å²) in [6, 6.07) is 2.13. The molecule has 0 fully saturated rings. The van der Waals surface area contributed by atoms with Gasteiger partial charge in [-0.1, -0.05) is 0 Å². The van der Waals surface area contributed by atoms with Crippen molar-refractivity contribution in [2.45, 2.75) is 20.8 Å². The molecule has 1 aromatic heterocycles. The minimum Gasteiger partial charge on any atom is -0.358 e. The van der Waals surface area contributed by atoms with Gasteiger partial charge in [-0.2, -0.15) is 10.4 Å². The van der Waals surface area contributed by atoms with Crippen LogP contribution in [0.5, 0.6) is 0 Å². The lowest BCUT2D eigenvalue weighted by atomic mass is 10.1. The van der Waals surface area contributed by atoms with Gasteiger partial charge in [0, 0.05) is 13.6 Å². The molecule has 0 unspecified atom stereocenters. The molecule has 1 rings (SSSR count). The summed E-state index contributed by atoms with van der Waals surface area (Å²) < 4.78 is 0. The molecule has 96 valence electrons. The third-order valence-electron chi connectivity index (χ3n) is 2.84. The summed E-state index contributed by atoms with van der Waals surface area (Å²) in [7, 11) is 1.58. The summed E-state index contributed by atoms with van der Waals surface area (Å²) in [4.78, 5) is 13.2. The second-order valence-corrected chi connectivity index (χ2v) is 3.91. The highest BCUT2D eigenvalue weighted by molar-refractivity contribution is 5.81. The first-order valence-corrected chi connectivity index (χ1v) is 5.74. The van der Waals surface area contributed by atoms with Crippen molar-refractivity contribution in [1.29, 1.82) is 5.26 Å². The average molecular weight is 247 g/mol. The number of likely N-dealkylation sites (N-methyl/N-ethyl adjacent to an activating group) is 2. The number of aromatic nitrogens is 2. The minimum absolute atomic E-state index is 0.124. The molecule has 6 nitrogen and oxygen atoms in total. The Kier molecular flexibility index (Phi) is 4.60. The van der Waals surface area contributed by atoms with E-state index in [2.05, 4.69) is 21.6 Å². The summed E-state index contributed by atoms with van der Waals surface area (Å²) in [5.41, 5.74) is 2.01. The van der Waals surface area contributed by atoms with Crippen molar-refractivity contribution in [2.75, 3.05) is 25.0 Å². The third kappa shape index (κ3) is 2.74. The molecule has 1 heterocycles. The molecule has 0 spiro atoms. The van der Waals surface area contributed by atoms with Crippen molar-refractivity contribution in [3.63, 3.8) is 0 Å². The summed E-state index contributed by atoms with van der Waals surface area (Å²) in [5.74, 6) is 0.340. The predicted octanol–water partition coefficient (Wildman–Crippen LogP) is 0.537. The van der Waals surface area contributed by atoms with Crippen molar-refractivity contribution in [3.8, 4) is 6.07 Å². The number of rotatable bonds is 4. The van der Waals surface area contributed by atoms with Gasteiger partial charge in [0.15, 0.2) is 5.82 Å². The molecule has 18 heavy (non-hydrogen) atoms. The Labute approximate surface area is 107 Å². The van der Waals surface area contributed by atoms with Crippen LogP contribution in [0.3, 0.4) is 0 Å². The van der Waals surface area contributed by atoms with Crippen LogP contribution in [-0.2, 0) is 4.79 Å². The quantitative estimate of drug-likeness (QED) is 0.839. The maximum absolute atomic E-state index is 11.4. The Bertz CT molecular complexity index is 492. The number of hydrogen-bond donors (Lipinski definition) is 1. The maximum Gasteiger partial charge on any atom is 0.239 e. The zero-order valence-electron chi connectivity index (χ0n) is 11.1. The van der Waals surface area contributed by atoms with E-state index in [1.807, 2.05) is 20.8 Å². The van der Waals surface area contributed by atoms with Gasteiger partial charge in [-0.15, -0.1) is 5.10 Å². The van der Waals surface area contributed by atoms with Crippen molar-refractivity contribution < 1.29 is 4.79 Å². The number of nitrogens with zero attached hydrogens (tertiary/aromatic N) is 4. The van der Waals surface area contributed by atoms with Crippen molar-refractivity contribution in [3.05, 3.63) is 16.8 Å². The maximum atomic E-state index is 11.4. The van der Waals surface area contributed by atoms with E-state index in [0.717, 1.165) is 11.3 Å². The van der Waals surface area contributed by atoms with Gasteiger partial charge in [0.1, 0.15) is 11.6 Å². The molecular weight excluding hydrogens is 230 g/mol. The molecule has 0 aliphatic rings. The standard InChI is InChI=1S/C12H17N5O/c1-5-17(7-11(18)14-4)12-10(6-13)8(2)9(3)15-16-12/h5,7H2,1-4H3,(H,14,18). The minimum atomic E-state index is -0.124. The monoisotopic (exact) mass is 247 g/mol. The molecule has 0 aliphatic carbocycles. The lowest BCUT2D eigenvalue weighted by Crippen LogP contribution is -2.36. The lowest BCUT2D eigenvalue weighted by Gasteiger charge is -2.22. The lowest BCUT2D eigenvalue weighted by molar-refractivity contribution is -0.119. The Morgan fingerprint density at radius 1 is 1.44 bits per heavy atom. The zero-order chi connectivity index (χ0) is 13.7. The first kappa shape index (κ1) is 13.9. The number of carbonyl (C=O) groups is 1. The summed E-state index contributed by atoms with van der Waals surface area (Å²) in [6.07, 6.45) is 0. The second kappa shape index (κ2) is 5.96. The number of anilines is 1. The topological polar surface area (TPSA) is 81.9 Å².